The standard InChI is InChI=1S/C29H34N6O6S/c1-17(2)24-28-33-21(16-42-28)26(38)31-19(13-18-7-4-3-5-8-18)27-32-20(15-41-27)25(37)30-10-11-35(14-23(36)34-24)29(39)22-9-6-12-40-22/h3-5,7-8,15-17,19,22,24H,6,9-14H2,1-2H3,(H,30,37)(H,31,38)(H,34,36)/t19-,22-,24-/m0/s1. The second kappa shape index (κ2) is 13.3. The number of rotatable bonds is 4. The lowest BCUT2D eigenvalue weighted by molar-refractivity contribution is -0.144. The summed E-state index contributed by atoms with van der Waals surface area (Å²) < 4.78 is 11.2. The van der Waals surface area contributed by atoms with E-state index in [1.54, 1.807) is 5.38 Å². The maximum absolute atomic E-state index is 13.3. The zero-order valence-electron chi connectivity index (χ0n) is 23.5. The molecular formula is C29H34N6O6S. The molecule has 4 amide bonds. The minimum atomic E-state index is -0.675. The number of thiazole rings is 1. The van der Waals surface area contributed by atoms with Crippen LogP contribution in [0.15, 0.2) is 46.4 Å². The maximum atomic E-state index is 13.3. The van der Waals surface area contributed by atoms with Crippen molar-refractivity contribution in [1.29, 1.82) is 0 Å². The van der Waals surface area contributed by atoms with Gasteiger partial charge in [0.15, 0.2) is 5.69 Å². The number of aromatic nitrogens is 2. The molecule has 2 aliphatic heterocycles. The van der Waals surface area contributed by atoms with Gasteiger partial charge in [-0.15, -0.1) is 11.3 Å². The van der Waals surface area contributed by atoms with Gasteiger partial charge in [-0.05, 0) is 24.3 Å². The Bertz CT molecular complexity index is 1420. The Labute approximate surface area is 247 Å². The second-order valence-corrected chi connectivity index (χ2v) is 11.6. The largest absolute Gasteiger partial charge is 0.446 e. The first-order valence-corrected chi connectivity index (χ1v) is 14.9. The van der Waals surface area contributed by atoms with E-state index in [9.17, 15) is 19.2 Å². The lowest BCUT2D eigenvalue weighted by Gasteiger charge is -2.27. The molecule has 2 aromatic heterocycles. The van der Waals surface area contributed by atoms with Crippen molar-refractivity contribution in [3.63, 3.8) is 0 Å². The van der Waals surface area contributed by atoms with Gasteiger partial charge >= 0.3 is 0 Å². The van der Waals surface area contributed by atoms with Crippen LogP contribution in [-0.4, -0.2) is 70.8 Å². The molecule has 0 spiro atoms. The van der Waals surface area contributed by atoms with Gasteiger partial charge in [-0.2, -0.15) is 0 Å². The SMILES string of the molecule is CC(C)[C@@H]1NC(=O)CN(C(=O)[C@@H]2CCCO2)CCNC(=O)c2coc(n2)[C@H](Cc2ccccc2)NC(=O)c2csc1n2. The fraction of sp³-hybridized carbons (Fsp3) is 0.448. The molecule has 3 N–H and O–H groups in total. The molecular weight excluding hydrogens is 560 g/mol. The monoisotopic (exact) mass is 594 g/mol. The Morgan fingerprint density at radius 3 is 2.64 bits per heavy atom. The van der Waals surface area contributed by atoms with Crippen molar-refractivity contribution in [2.75, 3.05) is 26.2 Å². The number of ether oxygens (including phenoxy) is 1. The molecule has 5 rings (SSSR count). The molecule has 0 unspecified atom stereocenters. The maximum Gasteiger partial charge on any atom is 0.273 e. The molecule has 0 aliphatic carbocycles. The summed E-state index contributed by atoms with van der Waals surface area (Å²) in [6.07, 6.45) is 2.33. The molecule has 222 valence electrons. The topological polar surface area (TPSA) is 156 Å². The van der Waals surface area contributed by atoms with Gasteiger partial charge in [-0.25, -0.2) is 9.97 Å². The third-order valence-electron chi connectivity index (χ3n) is 7.16. The average molecular weight is 595 g/mol. The van der Waals surface area contributed by atoms with Crippen LogP contribution in [0.5, 0.6) is 0 Å². The highest BCUT2D eigenvalue weighted by Crippen LogP contribution is 2.26. The van der Waals surface area contributed by atoms with E-state index >= 15 is 0 Å². The van der Waals surface area contributed by atoms with E-state index in [-0.39, 0.29) is 54.6 Å². The van der Waals surface area contributed by atoms with E-state index in [0.29, 0.717) is 24.5 Å². The number of carbonyl (C=O) groups excluding carboxylic acids is 4. The van der Waals surface area contributed by atoms with Crippen molar-refractivity contribution < 1.29 is 28.3 Å². The van der Waals surface area contributed by atoms with Crippen LogP contribution in [0.1, 0.15) is 76.2 Å². The average Bonchev–Trinajstić information content (AvgIpc) is 3.77. The van der Waals surface area contributed by atoms with Crippen LogP contribution in [-0.2, 0) is 20.7 Å². The number of carbonyl (C=O) groups is 4. The number of nitrogens with one attached hydrogen (secondary N) is 3. The Hall–Kier alpha value is -4.10. The summed E-state index contributed by atoms with van der Waals surface area (Å²) in [4.78, 5) is 63.0. The second-order valence-electron chi connectivity index (χ2n) is 10.7. The van der Waals surface area contributed by atoms with Crippen molar-refractivity contribution in [3.05, 3.63) is 69.8 Å². The van der Waals surface area contributed by atoms with E-state index in [4.69, 9.17) is 9.15 Å². The molecule has 3 atom stereocenters. The van der Waals surface area contributed by atoms with Crippen LogP contribution < -0.4 is 16.0 Å². The highest BCUT2D eigenvalue weighted by Gasteiger charge is 2.31. The molecule has 0 radical (unpaired) electrons. The molecule has 4 heterocycles. The first-order chi connectivity index (χ1) is 20.3. The molecule has 0 saturated carbocycles. The van der Waals surface area contributed by atoms with E-state index in [2.05, 4.69) is 25.9 Å². The Morgan fingerprint density at radius 1 is 1.10 bits per heavy atom. The fourth-order valence-corrected chi connectivity index (χ4v) is 5.93. The number of hydrogen-bond acceptors (Lipinski definition) is 9. The van der Waals surface area contributed by atoms with E-state index < -0.39 is 30.0 Å². The van der Waals surface area contributed by atoms with Gasteiger partial charge in [-0.1, -0.05) is 44.2 Å². The first-order valence-electron chi connectivity index (χ1n) is 14.0. The highest BCUT2D eigenvalue weighted by atomic mass is 32.1. The van der Waals surface area contributed by atoms with Crippen LogP contribution in [0.4, 0.5) is 0 Å². The number of oxazole rings is 1. The fourth-order valence-electron chi connectivity index (χ4n) is 4.91. The van der Waals surface area contributed by atoms with Gasteiger partial charge in [-0.3, -0.25) is 19.2 Å². The summed E-state index contributed by atoms with van der Waals surface area (Å²) in [5.41, 5.74) is 1.16. The number of hydrogen-bond donors (Lipinski definition) is 3. The normalized spacial score (nSPS) is 22.2. The molecule has 1 fully saturated rings. The van der Waals surface area contributed by atoms with Crippen LogP contribution in [0.25, 0.3) is 0 Å². The van der Waals surface area contributed by atoms with Crippen molar-refractivity contribution in [3.8, 4) is 0 Å². The van der Waals surface area contributed by atoms with E-state index in [1.807, 2.05) is 44.2 Å². The summed E-state index contributed by atoms with van der Waals surface area (Å²) in [6.45, 7) is 4.34. The Balaban J connectivity index is 1.45. The highest BCUT2D eigenvalue weighted by molar-refractivity contribution is 7.09. The van der Waals surface area contributed by atoms with Crippen LogP contribution in [0.2, 0.25) is 0 Å². The third kappa shape index (κ3) is 7.02. The number of amides is 4. The van der Waals surface area contributed by atoms with Gasteiger partial charge in [0, 0.05) is 31.5 Å². The Morgan fingerprint density at radius 2 is 1.90 bits per heavy atom. The summed E-state index contributed by atoms with van der Waals surface area (Å²) in [5, 5.41) is 10.9. The number of fused-ring (bicyclic) bond motifs is 4. The third-order valence-corrected chi connectivity index (χ3v) is 8.09. The van der Waals surface area contributed by atoms with Crippen molar-refractivity contribution in [2.24, 2.45) is 5.92 Å². The summed E-state index contributed by atoms with van der Waals surface area (Å²) in [7, 11) is 0. The Kier molecular flexibility index (Phi) is 9.28. The zero-order valence-corrected chi connectivity index (χ0v) is 24.3. The lowest BCUT2D eigenvalue weighted by atomic mass is 10.0. The van der Waals surface area contributed by atoms with Crippen molar-refractivity contribution in [1.82, 2.24) is 30.8 Å². The smallest absolute Gasteiger partial charge is 0.273 e. The minimum Gasteiger partial charge on any atom is -0.446 e. The molecule has 42 heavy (non-hydrogen) atoms. The minimum absolute atomic E-state index is 0.0314. The van der Waals surface area contributed by atoms with Crippen molar-refractivity contribution >= 4 is 35.0 Å². The molecule has 3 aromatic rings. The first kappa shape index (κ1) is 29.4. The molecule has 2 aliphatic rings. The van der Waals surface area contributed by atoms with Gasteiger partial charge in [0.2, 0.25) is 11.8 Å². The van der Waals surface area contributed by atoms with Gasteiger partial charge < -0.3 is 30.0 Å². The summed E-state index contributed by atoms with van der Waals surface area (Å²) in [6, 6.07) is 8.39. The van der Waals surface area contributed by atoms with E-state index in [1.165, 1.54) is 22.5 Å². The van der Waals surface area contributed by atoms with E-state index in [0.717, 1.165) is 12.0 Å². The molecule has 4 bridgehead atoms. The predicted molar refractivity (Wildman–Crippen MR) is 153 cm³/mol. The predicted octanol–water partition coefficient (Wildman–Crippen LogP) is 2.41. The van der Waals surface area contributed by atoms with Gasteiger partial charge in [0.25, 0.3) is 17.7 Å². The van der Waals surface area contributed by atoms with Crippen molar-refractivity contribution in [2.45, 2.75) is 51.3 Å². The van der Waals surface area contributed by atoms with Gasteiger partial charge in [0.05, 0.1) is 12.6 Å². The van der Waals surface area contributed by atoms with Crippen LogP contribution in [0.3, 0.4) is 0 Å². The molecule has 12 nitrogen and oxygen atoms in total. The quantitative estimate of drug-likeness (QED) is 0.416. The molecule has 13 heteroatoms. The van der Waals surface area contributed by atoms with Crippen LogP contribution >= 0.6 is 11.3 Å². The number of benzene rings is 1. The summed E-state index contributed by atoms with van der Waals surface area (Å²) in [5.74, 6) is -1.48. The van der Waals surface area contributed by atoms with Gasteiger partial charge in [0.1, 0.15) is 29.1 Å². The number of nitrogens with zero attached hydrogens (tertiary/aromatic N) is 3. The lowest BCUT2D eigenvalue weighted by Crippen LogP contribution is -2.48. The summed E-state index contributed by atoms with van der Waals surface area (Å²) >= 11 is 1.27. The van der Waals surface area contributed by atoms with Crippen LogP contribution in [0, 0.1) is 5.92 Å². The zero-order chi connectivity index (χ0) is 29.6. The molecule has 1 saturated heterocycles. The molecule has 1 aromatic carbocycles.